The number of rotatable bonds is 2. The monoisotopic (exact) mass is 232 g/mol. The molecule has 1 aliphatic rings. The Kier molecular flexibility index (Phi) is 3.10. The first-order valence-corrected chi connectivity index (χ1v) is 6.42. The molecule has 88 valence electrons. The van der Waals surface area contributed by atoms with E-state index in [2.05, 4.69) is 72.8 Å². The minimum atomic E-state index is 1.04. The molecule has 0 aliphatic heterocycles. The van der Waals surface area contributed by atoms with E-state index in [0.717, 1.165) is 12.8 Å². The predicted octanol–water partition coefficient (Wildman–Crippen LogP) is 4.95. The van der Waals surface area contributed by atoms with Crippen molar-refractivity contribution in [3.05, 3.63) is 83.9 Å². The SMILES string of the molecule is C1=C(c2ccccc2)CC(c2ccccc2)=CC1. The molecule has 0 N–H and O–H groups in total. The van der Waals surface area contributed by atoms with Gasteiger partial charge in [0.25, 0.3) is 0 Å². The second-order valence-electron chi connectivity index (χ2n) is 4.60. The van der Waals surface area contributed by atoms with Crippen molar-refractivity contribution in [2.45, 2.75) is 12.8 Å². The molecule has 0 fully saturated rings. The van der Waals surface area contributed by atoms with E-state index >= 15 is 0 Å². The lowest BCUT2D eigenvalue weighted by atomic mass is 9.89. The summed E-state index contributed by atoms with van der Waals surface area (Å²) in [6, 6.07) is 21.3. The molecule has 0 heteroatoms. The van der Waals surface area contributed by atoms with Gasteiger partial charge in [-0.05, 0) is 35.1 Å². The molecule has 0 saturated heterocycles. The minimum Gasteiger partial charge on any atom is -0.0766 e. The summed E-state index contributed by atoms with van der Waals surface area (Å²) in [6.45, 7) is 0. The quantitative estimate of drug-likeness (QED) is 0.687. The third kappa shape index (κ3) is 2.28. The molecular weight excluding hydrogens is 216 g/mol. The summed E-state index contributed by atoms with van der Waals surface area (Å²) < 4.78 is 0. The van der Waals surface area contributed by atoms with E-state index in [4.69, 9.17) is 0 Å². The van der Waals surface area contributed by atoms with Gasteiger partial charge >= 0.3 is 0 Å². The van der Waals surface area contributed by atoms with Crippen molar-refractivity contribution in [3.63, 3.8) is 0 Å². The highest BCUT2D eigenvalue weighted by atomic mass is 14.1. The minimum absolute atomic E-state index is 1.04. The molecule has 0 unspecified atom stereocenters. The Balaban J connectivity index is 1.85. The molecule has 0 atom stereocenters. The highest BCUT2D eigenvalue weighted by Crippen LogP contribution is 2.32. The first kappa shape index (κ1) is 11.0. The van der Waals surface area contributed by atoms with Gasteiger partial charge in [0.05, 0.1) is 0 Å². The number of benzene rings is 2. The average Bonchev–Trinajstić information content (AvgIpc) is 2.49. The van der Waals surface area contributed by atoms with Crippen LogP contribution < -0.4 is 0 Å². The molecular formula is C18H16. The van der Waals surface area contributed by atoms with Crippen LogP contribution in [0.15, 0.2) is 72.8 Å². The van der Waals surface area contributed by atoms with Crippen LogP contribution in [0.4, 0.5) is 0 Å². The van der Waals surface area contributed by atoms with Crippen LogP contribution in [-0.4, -0.2) is 0 Å². The van der Waals surface area contributed by atoms with E-state index in [-0.39, 0.29) is 0 Å². The van der Waals surface area contributed by atoms with Crippen LogP contribution in [-0.2, 0) is 0 Å². The maximum Gasteiger partial charge on any atom is -0.00200 e. The fourth-order valence-electron chi connectivity index (χ4n) is 2.44. The van der Waals surface area contributed by atoms with Gasteiger partial charge in [-0.25, -0.2) is 0 Å². The van der Waals surface area contributed by atoms with Crippen LogP contribution in [0.5, 0.6) is 0 Å². The van der Waals surface area contributed by atoms with Gasteiger partial charge in [0.15, 0.2) is 0 Å². The first-order valence-electron chi connectivity index (χ1n) is 6.42. The van der Waals surface area contributed by atoms with Gasteiger partial charge in [0.2, 0.25) is 0 Å². The summed E-state index contributed by atoms with van der Waals surface area (Å²) in [6.07, 6.45) is 6.74. The zero-order chi connectivity index (χ0) is 12.2. The maximum absolute atomic E-state index is 2.34. The molecule has 3 rings (SSSR count). The Morgan fingerprint density at radius 2 is 1.00 bits per heavy atom. The summed E-state index contributed by atoms with van der Waals surface area (Å²) in [5.41, 5.74) is 5.58. The van der Waals surface area contributed by atoms with Crippen LogP contribution in [0, 0.1) is 0 Å². The van der Waals surface area contributed by atoms with Crippen molar-refractivity contribution < 1.29 is 0 Å². The van der Waals surface area contributed by atoms with Crippen LogP contribution >= 0.6 is 0 Å². The molecule has 1 aliphatic carbocycles. The van der Waals surface area contributed by atoms with Crippen LogP contribution in [0.1, 0.15) is 24.0 Å². The lowest BCUT2D eigenvalue weighted by Gasteiger charge is -2.16. The molecule has 0 bridgehead atoms. The van der Waals surface area contributed by atoms with Gasteiger partial charge < -0.3 is 0 Å². The summed E-state index contributed by atoms with van der Waals surface area (Å²) in [5, 5.41) is 0. The highest BCUT2D eigenvalue weighted by molar-refractivity contribution is 5.81. The third-order valence-electron chi connectivity index (χ3n) is 3.40. The van der Waals surface area contributed by atoms with Crippen molar-refractivity contribution in [2.75, 3.05) is 0 Å². The van der Waals surface area contributed by atoms with E-state index in [1.54, 1.807) is 0 Å². The Hall–Kier alpha value is -2.08. The van der Waals surface area contributed by atoms with Gasteiger partial charge in [0.1, 0.15) is 0 Å². The number of hydrogen-bond acceptors (Lipinski definition) is 0. The first-order chi connectivity index (χ1) is 8.93. The molecule has 18 heavy (non-hydrogen) atoms. The van der Waals surface area contributed by atoms with Crippen LogP contribution in [0.25, 0.3) is 11.1 Å². The molecule has 0 saturated carbocycles. The van der Waals surface area contributed by atoms with Crippen LogP contribution in [0.2, 0.25) is 0 Å². The Bertz CT molecular complexity index is 520. The second kappa shape index (κ2) is 5.05. The summed E-state index contributed by atoms with van der Waals surface area (Å²) in [7, 11) is 0. The van der Waals surface area contributed by atoms with E-state index in [0.29, 0.717) is 0 Å². The van der Waals surface area contributed by atoms with E-state index in [1.165, 1.54) is 22.3 Å². The Morgan fingerprint density at radius 1 is 0.556 bits per heavy atom. The van der Waals surface area contributed by atoms with E-state index in [1.807, 2.05) is 0 Å². The summed E-state index contributed by atoms with van der Waals surface area (Å²) in [4.78, 5) is 0. The normalized spacial score (nSPS) is 14.9. The summed E-state index contributed by atoms with van der Waals surface area (Å²) in [5.74, 6) is 0. The molecule has 0 heterocycles. The van der Waals surface area contributed by atoms with Gasteiger partial charge in [-0.3, -0.25) is 0 Å². The van der Waals surface area contributed by atoms with Crippen LogP contribution in [0.3, 0.4) is 0 Å². The fourth-order valence-corrected chi connectivity index (χ4v) is 2.44. The average molecular weight is 232 g/mol. The molecule has 0 spiro atoms. The topological polar surface area (TPSA) is 0 Å². The van der Waals surface area contributed by atoms with Crippen molar-refractivity contribution >= 4 is 11.1 Å². The van der Waals surface area contributed by atoms with Crippen molar-refractivity contribution in [3.8, 4) is 0 Å². The zero-order valence-electron chi connectivity index (χ0n) is 10.3. The molecule has 0 radical (unpaired) electrons. The molecule has 2 aromatic rings. The van der Waals surface area contributed by atoms with Gasteiger partial charge in [-0.15, -0.1) is 0 Å². The molecule has 0 amide bonds. The van der Waals surface area contributed by atoms with E-state index in [9.17, 15) is 0 Å². The van der Waals surface area contributed by atoms with Crippen molar-refractivity contribution in [1.29, 1.82) is 0 Å². The third-order valence-corrected chi connectivity index (χ3v) is 3.40. The Morgan fingerprint density at radius 3 is 1.44 bits per heavy atom. The summed E-state index contributed by atoms with van der Waals surface area (Å²) >= 11 is 0. The lowest BCUT2D eigenvalue weighted by molar-refractivity contribution is 1.25. The van der Waals surface area contributed by atoms with Gasteiger partial charge in [0, 0.05) is 0 Å². The maximum atomic E-state index is 2.34. The van der Waals surface area contributed by atoms with Gasteiger partial charge in [-0.2, -0.15) is 0 Å². The van der Waals surface area contributed by atoms with Crippen molar-refractivity contribution in [2.24, 2.45) is 0 Å². The Labute approximate surface area is 108 Å². The molecule has 0 nitrogen and oxygen atoms in total. The zero-order valence-corrected chi connectivity index (χ0v) is 10.3. The number of allylic oxidation sites excluding steroid dienone is 4. The largest absolute Gasteiger partial charge is 0.0766 e. The fraction of sp³-hybridized carbons (Fsp3) is 0.111. The lowest BCUT2D eigenvalue weighted by Crippen LogP contribution is -1.93. The van der Waals surface area contributed by atoms with Crippen molar-refractivity contribution in [1.82, 2.24) is 0 Å². The smallest absolute Gasteiger partial charge is 0.00200 e. The second-order valence-corrected chi connectivity index (χ2v) is 4.60. The molecule has 0 aromatic heterocycles. The molecule has 2 aromatic carbocycles. The van der Waals surface area contributed by atoms with Gasteiger partial charge in [-0.1, -0.05) is 72.8 Å². The predicted molar refractivity (Wildman–Crippen MR) is 78.1 cm³/mol. The standard InChI is InChI=1S/C18H16/c1-3-8-15(9-4-1)17-12-7-13-18(14-17)16-10-5-2-6-11-16/h1-6,8-13H,7,14H2. The highest BCUT2D eigenvalue weighted by Gasteiger charge is 2.10. The number of hydrogen-bond donors (Lipinski definition) is 0. The van der Waals surface area contributed by atoms with E-state index < -0.39 is 0 Å².